The number of hydrogen-bond donors (Lipinski definition) is 1. The summed E-state index contributed by atoms with van der Waals surface area (Å²) in [4.78, 5) is 1.49. The predicted octanol–water partition coefficient (Wildman–Crippen LogP) is 4.42. The topological polar surface area (TPSA) is 12.0 Å². The summed E-state index contributed by atoms with van der Waals surface area (Å²) < 4.78 is 0. The van der Waals surface area contributed by atoms with E-state index in [4.69, 9.17) is 0 Å². The summed E-state index contributed by atoms with van der Waals surface area (Å²) in [5, 5.41) is 5.84. The zero-order chi connectivity index (χ0) is 13.5. The minimum absolute atomic E-state index is 0.562. The van der Waals surface area contributed by atoms with Gasteiger partial charge in [0.1, 0.15) is 0 Å². The second-order valence-corrected chi connectivity index (χ2v) is 6.03. The first-order valence-corrected chi connectivity index (χ1v) is 8.00. The van der Waals surface area contributed by atoms with Gasteiger partial charge >= 0.3 is 0 Å². The normalized spacial score (nSPS) is 12.5. The second-order valence-electron chi connectivity index (χ2n) is 5.03. The molecule has 2 heteroatoms. The van der Waals surface area contributed by atoms with Gasteiger partial charge in [0.2, 0.25) is 0 Å². The van der Waals surface area contributed by atoms with Crippen LogP contribution in [-0.4, -0.2) is 6.04 Å². The smallest absolute Gasteiger partial charge is 0.0304 e. The standard InChI is InChI=1S/C17H23NS/c1-3-16-11-12-19-17(16)13-18-14(2)9-10-15-7-5-4-6-8-15/h4-8,11-12,14,18H,3,9-10,13H2,1-2H3. The Labute approximate surface area is 120 Å². The van der Waals surface area contributed by atoms with Crippen molar-refractivity contribution in [3.8, 4) is 0 Å². The molecule has 1 atom stereocenters. The fourth-order valence-corrected chi connectivity index (χ4v) is 3.16. The molecule has 102 valence electrons. The average molecular weight is 273 g/mol. The molecular formula is C17H23NS. The van der Waals surface area contributed by atoms with Crippen LogP contribution < -0.4 is 5.32 Å². The maximum Gasteiger partial charge on any atom is 0.0304 e. The van der Waals surface area contributed by atoms with Gasteiger partial charge in [-0.3, -0.25) is 0 Å². The zero-order valence-corrected chi connectivity index (χ0v) is 12.7. The Morgan fingerprint density at radius 1 is 1.16 bits per heavy atom. The first kappa shape index (κ1) is 14.3. The Bertz CT molecular complexity index is 475. The molecule has 1 unspecified atom stereocenters. The molecule has 0 aliphatic rings. The number of thiophene rings is 1. The van der Waals surface area contributed by atoms with Crippen molar-refractivity contribution in [2.45, 2.75) is 45.7 Å². The fraction of sp³-hybridized carbons (Fsp3) is 0.412. The predicted molar refractivity (Wildman–Crippen MR) is 84.8 cm³/mol. The molecule has 1 aromatic carbocycles. The number of aryl methyl sites for hydroxylation is 2. The van der Waals surface area contributed by atoms with E-state index in [0.717, 1.165) is 19.4 Å². The highest BCUT2D eigenvalue weighted by atomic mass is 32.1. The first-order chi connectivity index (χ1) is 9.29. The van der Waals surface area contributed by atoms with Crippen molar-refractivity contribution >= 4 is 11.3 Å². The Balaban J connectivity index is 1.74. The third-order valence-electron chi connectivity index (χ3n) is 3.54. The summed E-state index contributed by atoms with van der Waals surface area (Å²) in [6.07, 6.45) is 3.48. The van der Waals surface area contributed by atoms with Gasteiger partial charge in [-0.1, -0.05) is 37.3 Å². The maximum absolute atomic E-state index is 3.64. The highest BCUT2D eigenvalue weighted by Crippen LogP contribution is 2.17. The molecule has 1 nitrogen and oxygen atoms in total. The van der Waals surface area contributed by atoms with E-state index in [1.165, 1.54) is 22.4 Å². The highest BCUT2D eigenvalue weighted by molar-refractivity contribution is 7.10. The van der Waals surface area contributed by atoms with E-state index in [-0.39, 0.29) is 0 Å². The third kappa shape index (κ3) is 4.48. The molecule has 1 heterocycles. The van der Waals surface area contributed by atoms with Crippen LogP contribution in [0.25, 0.3) is 0 Å². The van der Waals surface area contributed by atoms with Crippen molar-refractivity contribution in [2.75, 3.05) is 0 Å². The lowest BCUT2D eigenvalue weighted by molar-refractivity contribution is 0.516. The van der Waals surface area contributed by atoms with E-state index in [0.29, 0.717) is 6.04 Å². The van der Waals surface area contributed by atoms with E-state index in [9.17, 15) is 0 Å². The molecule has 0 amide bonds. The molecule has 1 aromatic heterocycles. The Kier molecular flexibility index (Phi) is 5.62. The molecule has 19 heavy (non-hydrogen) atoms. The molecule has 0 fully saturated rings. The molecular weight excluding hydrogens is 250 g/mol. The fourth-order valence-electron chi connectivity index (χ4n) is 2.23. The Morgan fingerprint density at radius 3 is 2.68 bits per heavy atom. The molecule has 2 rings (SSSR count). The second kappa shape index (κ2) is 7.46. The van der Waals surface area contributed by atoms with Crippen LogP contribution in [0, 0.1) is 0 Å². The molecule has 0 aliphatic heterocycles. The number of hydrogen-bond acceptors (Lipinski definition) is 2. The summed E-state index contributed by atoms with van der Waals surface area (Å²) in [6, 6.07) is 13.5. The summed E-state index contributed by atoms with van der Waals surface area (Å²) in [5.74, 6) is 0. The van der Waals surface area contributed by atoms with Crippen LogP contribution in [0.5, 0.6) is 0 Å². The minimum Gasteiger partial charge on any atom is -0.309 e. The van der Waals surface area contributed by atoms with Crippen molar-refractivity contribution in [1.82, 2.24) is 5.32 Å². The molecule has 0 radical (unpaired) electrons. The van der Waals surface area contributed by atoms with Gasteiger partial charge in [0.25, 0.3) is 0 Å². The number of nitrogens with one attached hydrogen (secondary N) is 1. The maximum atomic E-state index is 3.64. The molecule has 2 aromatic rings. The van der Waals surface area contributed by atoms with Gasteiger partial charge in [-0.25, -0.2) is 0 Å². The quantitative estimate of drug-likeness (QED) is 0.787. The lowest BCUT2D eigenvalue weighted by atomic mass is 10.1. The molecule has 0 aliphatic carbocycles. The van der Waals surface area contributed by atoms with E-state index in [1.807, 2.05) is 11.3 Å². The first-order valence-electron chi connectivity index (χ1n) is 7.12. The largest absolute Gasteiger partial charge is 0.309 e. The Morgan fingerprint density at radius 2 is 1.95 bits per heavy atom. The van der Waals surface area contributed by atoms with E-state index >= 15 is 0 Å². The molecule has 0 spiro atoms. The SMILES string of the molecule is CCc1ccsc1CNC(C)CCc1ccccc1. The molecule has 0 saturated carbocycles. The summed E-state index contributed by atoms with van der Waals surface area (Å²) in [7, 11) is 0. The lowest BCUT2D eigenvalue weighted by Gasteiger charge is -2.13. The van der Waals surface area contributed by atoms with E-state index in [1.54, 1.807) is 0 Å². The molecule has 1 N–H and O–H groups in total. The van der Waals surface area contributed by atoms with Crippen LogP contribution in [0.1, 0.15) is 36.3 Å². The monoisotopic (exact) mass is 273 g/mol. The van der Waals surface area contributed by atoms with E-state index in [2.05, 4.69) is 60.9 Å². The van der Waals surface area contributed by atoms with Crippen molar-refractivity contribution < 1.29 is 0 Å². The van der Waals surface area contributed by atoms with Gasteiger partial charge in [-0.2, -0.15) is 0 Å². The third-order valence-corrected chi connectivity index (χ3v) is 4.50. The van der Waals surface area contributed by atoms with Crippen LogP contribution in [0.15, 0.2) is 41.8 Å². The van der Waals surface area contributed by atoms with Crippen molar-refractivity contribution in [2.24, 2.45) is 0 Å². The summed E-state index contributed by atoms with van der Waals surface area (Å²) in [6.45, 7) is 5.52. The van der Waals surface area contributed by atoms with E-state index < -0.39 is 0 Å². The van der Waals surface area contributed by atoms with Gasteiger partial charge in [0.05, 0.1) is 0 Å². The van der Waals surface area contributed by atoms with Crippen LogP contribution in [-0.2, 0) is 19.4 Å². The highest BCUT2D eigenvalue weighted by Gasteiger charge is 2.05. The van der Waals surface area contributed by atoms with Gasteiger partial charge < -0.3 is 5.32 Å². The summed E-state index contributed by atoms with van der Waals surface area (Å²) in [5.41, 5.74) is 2.93. The van der Waals surface area contributed by atoms with Gasteiger partial charge in [0, 0.05) is 17.5 Å². The molecule has 0 saturated heterocycles. The van der Waals surface area contributed by atoms with Crippen molar-refractivity contribution in [1.29, 1.82) is 0 Å². The number of rotatable bonds is 7. The van der Waals surface area contributed by atoms with Crippen LogP contribution in [0.3, 0.4) is 0 Å². The van der Waals surface area contributed by atoms with Crippen LogP contribution in [0.2, 0.25) is 0 Å². The van der Waals surface area contributed by atoms with Crippen LogP contribution in [0.4, 0.5) is 0 Å². The van der Waals surface area contributed by atoms with Crippen molar-refractivity contribution in [3.63, 3.8) is 0 Å². The molecule has 0 bridgehead atoms. The average Bonchev–Trinajstić information content (AvgIpc) is 2.91. The van der Waals surface area contributed by atoms with Gasteiger partial charge in [-0.05, 0) is 48.8 Å². The van der Waals surface area contributed by atoms with Gasteiger partial charge in [0.15, 0.2) is 0 Å². The van der Waals surface area contributed by atoms with Gasteiger partial charge in [-0.15, -0.1) is 11.3 Å². The Hall–Kier alpha value is -1.12. The number of benzene rings is 1. The zero-order valence-electron chi connectivity index (χ0n) is 11.9. The minimum atomic E-state index is 0.562. The summed E-state index contributed by atoms with van der Waals surface area (Å²) >= 11 is 1.87. The van der Waals surface area contributed by atoms with Crippen molar-refractivity contribution in [3.05, 3.63) is 57.8 Å². The van der Waals surface area contributed by atoms with Crippen LogP contribution >= 0.6 is 11.3 Å². The lowest BCUT2D eigenvalue weighted by Crippen LogP contribution is -2.25.